The Labute approximate surface area is 479 Å². The van der Waals surface area contributed by atoms with Crippen LogP contribution in [-0.4, -0.2) is 125 Å². The number of carbonyl (C=O) groups is 2. The fourth-order valence-corrected chi connectivity index (χ4v) is 10.7. The summed E-state index contributed by atoms with van der Waals surface area (Å²) in [5.41, 5.74) is 5.74. The summed E-state index contributed by atoms with van der Waals surface area (Å²) >= 11 is 17.6. The van der Waals surface area contributed by atoms with Gasteiger partial charge in [-0.15, -0.1) is 0 Å². The van der Waals surface area contributed by atoms with E-state index >= 15 is 0 Å². The number of halogens is 3. The molecule has 430 valence electrons. The van der Waals surface area contributed by atoms with Crippen molar-refractivity contribution in [1.82, 2.24) is 5.32 Å². The van der Waals surface area contributed by atoms with Crippen molar-refractivity contribution < 1.29 is 66.1 Å². The van der Waals surface area contributed by atoms with Crippen molar-refractivity contribution in [3.63, 3.8) is 0 Å². The Morgan fingerprint density at radius 2 is 1.54 bits per heavy atom. The number of rotatable bonds is 31. The first-order chi connectivity index (χ1) is 37.9. The number of alkyl halides is 2. The first-order valence-corrected chi connectivity index (χ1v) is 28.3. The van der Waals surface area contributed by atoms with E-state index in [1.165, 1.54) is 48.5 Å². The smallest absolute Gasteiger partial charge is 0.303 e. The number of aliphatic hydroxyl groups is 1. The second kappa shape index (κ2) is 28.5. The van der Waals surface area contributed by atoms with E-state index in [0.717, 1.165) is 28.2 Å². The standard InChI is InChI=1S/C56H64Cl3N5O15S/c1-37-13-20-47-43(32-37)56(4,23-9-8-12-51(65)66)50(62(47)25-27-77-28-30-78-35-38-14-21-48(64(71)72)44(57)33-38)11-7-5-6-10-49-55(2,3)42-34-41(80(73,74)75)19-22-46(42)61(49)24-26-76-29-31-79-36-45(60-54(68)53(58)59)52(67)39-15-17-40(18-16-39)63(69)70/h5-7,10-11,13-22,32-34,45,52-53,67H,8-9,12,23-31,35-36H2,1-4H3,(H2-,60,65,66,68,73,74,75)/p+1/t45-,52-,56?/m1/s1. The first-order valence-electron chi connectivity index (χ1n) is 25.6. The average Bonchev–Trinajstić information content (AvgIpc) is 3.76. The van der Waals surface area contributed by atoms with Crippen LogP contribution in [0.5, 0.6) is 0 Å². The molecule has 0 aliphatic carbocycles. The van der Waals surface area contributed by atoms with Gasteiger partial charge in [-0.1, -0.05) is 77.1 Å². The number of allylic oxidation sites excluding steroid dienone is 6. The number of hydrogen-bond donors (Lipinski definition) is 4. The fraction of sp³-hybridized carbons (Fsp3) is 0.411. The third kappa shape index (κ3) is 16.3. The van der Waals surface area contributed by atoms with Gasteiger partial charge in [0.25, 0.3) is 27.4 Å². The molecule has 6 rings (SSSR count). The quantitative estimate of drug-likeness (QED) is 0.00694. The fourth-order valence-electron chi connectivity index (χ4n) is 9.76. The van der Waals surface area contributed by atoms with E-state index in [1.807, 2.05) is 49.7 Å². The van der Waals surface area contributed by atoms with Gasteiger partial charge in [0.05, 0.1) is 72.4 Å². The second-order valence-corrected chi connectivity index (χ2v) is 22.7. The van der Waals surface area contributed by atoms with E-state index in [9.17, 15) is 53.0 Å². The molecule has 1 unspecified atom stereocenters. The number of hydrogen-bond acceptors (Lipinski definition) is 14. The molecule has 3 atom stereocenters. The van der Waals surface area contributed by atoms with E-state index in [1.54, 1.807) is 12.1 Å². The van der Waals surface area contributed by atoms with Crippen molar-refractivity contribution in [1.29, 1.82) is 0 Å². The van der Waals surface area contributed by atoms with Crippen LogP contribution >= 0.6 is 34.8 Å². The molecular weight excluding hydrogens is 1120 g/mol. The molecule has 80 heavy (non-hydrogen) atoms. The van der Waals surface area contributed by atoms with Crippen LogP contribution in [0.25, 0.3) is 0 Å². The average molecular weight is 1190 g/mol. The molecule has 2 heterocycles. The predicted molar refractivity (Wildman–Crippen MR) is 303 cm³/mol. The number of non-ortho nitro benzene ring substituents is 1. The number of aliphatic carboxylic acids is 1. The number of nitro groups is 2. The molecule has 0 fully saturated rings. The number of aryl methyl sites for hydroxylation is 1. The van der Waals surface area contributed by atoms with Crippen molar-refractivity contribution in [2.45, 2.75) is 92.7 Å². The number of nitro benzene ring substituents is 2. The highest BCUT2D eigenvalue weighted by Gasteiger charge is 2.45. The third-order valence-electron chi connectivity index (χ3n) is 13.9. The monoisotopic (exact) mass is 1180 g/mol. The van der Waals surface area contributed by atoms with Crippen molar-refractivity contribution in [3.8, 4) is 0 Å². The van der Waals surface area contributed by atoms with Crippen LogP contribution in [0, 0.1) is 27.2 Å². The van der Waals surface area contributed by atoms with Crippen LogP contribution in [-0.2, 0) is 56.1 Å². The van der Waals surface area contributed by atoms with E-state index in [-0.39, 0.29) is 79.5 Å². The number of nitrogens with zero attached hydrogens (tertiary/aromatic N) is 4. The van der Waals surface area contributed by atoms with Gasteiger partial charge in [0.1, 0.15) is 17.7 Å². The summed E-state index contributed by atoms with van der Waals surface area (Å²) in [5.74, 6) is -1.63. The van der Waals surface area contributed by atoms with Gasteiger partial charge in [0.2, 0.25) is 5.69 Å². The summed E-state index contributed by atoms with van der Waals surface area (Å²) in [6.07, 6.45) is 10.3. The summed E-state index contributed by atoms with van der Waals surface area (Å²) in [7, 11) is -4.53. The second-order valence-electron chi connectivity index (χ2n) is 19.8. The van der Waals surface area contributed by atoms with Crippen LogP contribution in [0.15, 0.2) is 120 Å². The molecule has 0 bridgehead atoms. The SMILES string of the molecule is Cc1ccc2c(c1)C(C)(CCCCC(=O)O)\C(=C/C=C/C=C/C1=[N+](CCOCCOC[C@@H](NC(=O)C(Cl)Cl)[C@H](O)c3ccc([N+](=O)[O-])cc3)c3ccc(S(=O)(=O)O)cc3C1(C)C)N2CCOCCOCc1ccc([N+](=O)[O-])c(Cl)c1. The molecule has 0 aromatic heterocycles. The van der Waals surface area contributed by atoms with Crippen LogP contribution < -0.4 is 10.2 Å². The minimum Gasteiger partial charge on any atom is -0.481 e. The number of carbonyl (C=O) groups excluding carboxylic acids is 1. The summed E-state index contributed by atoms with van der Waals surface area (Å²) in [5, 5.41) is 45.4. The van der Waals surface area contributed by atoms with Gasteiger partial charge in [-0.2, -0.15) is 13.0 Å². The lowest BCUT2D eigenvalue weighted by Gasteiger charge is -2.30. The van der Waals surface area contributed by atoms with E-state index in [0.29, 0.717) is 55.8 Å². The van der Waals surface area contributed by atoms with Crippen LogP contribution in [0.3, 0.4) is 0 Å². The van der Waals surface area contributed by atoms with E-state index in [2.05, 4.69) is 41.4 Å². The van der Waals surface area contributed by atoms with Gasteiger partial charge < -0.3 is 39.4 Å². The van der Waals surface area contributed by atoms with Gasteiger partial charge in [0, 0.05) is 65.7 Å². The van der Waals surface area contributed by atoms with Crippen LogP contribution in [0.4, 0.5) is 22.7 Å². The van der Waals surface area contributed by atoms with Crippen molar-refractivity contribution in [3.05, 3.63) is 168 Å². The Kier molecular flexibility index (Phi) is 22.5. The van der Waals surface area contributed by atoms with Crippen LogP contribution in [0.1, 0.15) is 80.4 Å². The highest BCUT2D eigenvalue weighted by Crippen LogP contribution is 2.51. The molecule has 4 N–H and O–H groups in total. The zero-order valence-electron chi connectivity index (χ0n) is 44.6. The molecule has 0 saturated heterocycles. The number of aliphatic hydroxyl groups excluding tert-OH is 1. The number of unbranched alkanes of at least 4 members (excludes halogenated alkanes) is 1. The first kappa shape index (κ1) is 63.1. The summed E-state index contributed by atoms with van der Waals surface area (Å²) in [6, 6.07) is 19.4. The molecular formula is C56H65Cl3N5O15S+. The molecule has 0 radical (unpaired) electrons. The van der Waals surface area contributed by atoms with Gasteiger partial charge in [-0.25, -0.2) is 0 Å². The molecule has 4 aromatic carbocycles. The van der Waals surface area contributed by atoms with E-state index < -0.39 is 59.7 Å². The van der Waals surface area contributed by atoms with Gasteiger partial charge >= 0.3 is 5.97 Å². The molecule has 1 amide bonds. The maximum Gasteiger partial charge on any atom is 0.303 e. The molecule has 24 heteroatoms. The Bertz CT molecular complexity index is 3130. The Morgan fingerprint density at radius 1 is 0.838 bits per heavy atom. The molecule has 0 spiro atoms. The lowest BCUT2D eigenvalue weighted by Crippen LogP contribution is -2.44. The number of anilines is 1. The highest BCUT2D eigenvalue weighted by molar-refractivity contribution is 7.85. The van der Waals surface area contributed by atoms with Crippen molar-refractivity contribution in [2.24, 2.45) is 0 Å². The van der Waals surface area contributed by atoms with Crippen molar-refractivity contribution in [2.75, 3.05) is 64.2 Å². The van der Waals surface area contributed by atoms with Gasteiger partial charge in [0.15, 0.2) is 17.1 Å². The van der Waals surface area contributed by atoms with Gasteiger partial charge in [-0.05, 0) is 106 Å². The number of carboxylic acids is 1. The number of benzene rings is 4. The largest absolute Gasteiger partial charge is 0.481 e. The summed E-state index contributed by atoms with van der Waals surface area (Å²) in [6.45, 7) is 10.1. The van der Waals surface area contributed by atoms with Crippen LogP contribution in [0.2, 0.25) is 5.02 Å². The highest BCUT2D eigenvalue weighted by atomic mass is 35.5. The Morgan fingerprint density at radius 3 is 2.20 bits per heavy atom. The maximum absolute atomic E-state index is 12.4. The van der Waals surface area contributed by atoms with E-state index in [4.69, 9.17) is 53.8 Å². The lowest BCUT2D eigenvalue weighted by atomic mass is 9.76. The Balaban J connectivity index is 1.17. The predicted octanol–water partition coefficient (Wildman–Crippen LogP) is 9.80. The number of amides is 1. The Hall–Kier alpha value is -6.11. The zero-order valence-corrected chi connectivity index (χ0v) is 47.7. The number of nitrogens with one attached hydrogen (secondary N) is 1. The maximum atomic E-state index is 12.4. The third-order valence-corrected chi connectivity index (χ3v) is 15.4. The topological polar surface area (TPSA) is 270 Å². The normalized spacial score (nSPS) is 17.2. The molecule has 0 saturated carbocycles. The minimum atomic E-state index is -4.53. The zero-order chi connectivity index (χ0) is 58.4. The van der Waals surface area contributed by atoms with Crippen molar-refractivity contribution >= 4 is 85.3 Å². The summed E-state index contributed by atoms with van der Waals surface area (Å²) in [4.78, 5) is 45.6. The number of carboxylic acid groups (broad SMARTS) is 1. The molecule has 2 aliphatic heterocycles. The minimum absolute atomic E-state index is 0.0303. The van der Waals surface area contributed by atoms with Gasteiger partial charge in [-0.3, -0.25) is 34.4 Å². The number of fused-ring (bicyclic) bond motifs is 2. The number of ether oxygens (including phenoxy) is 4. The molecule has 4 aromatic rings. The molecule has 2 aliphatic rings. The lowest BCUT2D eigenvalue weighted by molar-refractivity contribution is -0.442. The summed E-state index contributed by atoms with van der Waals surface area (Å²) < 4.78 is 60.3. The molecule has 20 nitrogen and oxygen atoms in total.